The Hall–Kier alpha value is -3.16. The molecule has 28 heavy (non-hydrogen) atoms. The average molecular weight is 368 g/mol. The molecule has 1 aromatic heterocycles. The maximum atomic E-state index is 8.97. The SMILES string of the molecule is C=CCN1Cc2ccccc2C[C@H]1Cn1cncc1Cc1ccc(C#N)cc1. The van der Waals surface area contributed by atoms with Gasteiger partial charge in [0.05, 0.1) is 18.0 Å². The minimum absolute atomic E-state index is 0.418. The molecule has 0 radical (unpaired) electrons. The average Bonchev–Trinajstić information content (AvgIpc) is 3.16. The van der Waals surface area contributed by atoms with Gasteiger partial charge in [0.15, 0.2) is 0 Å². The number of aromatic nitrogens is 2. The Morgan fingerprint density at radius 2 is 1.93 bits per heavy atom. The first kappa shape index (κ1) is 18.2. The second-order valence-electron chi connectivity index (χ2n) is 7.37. The standard InChI is InChI=1S/C24H24N4/c1-2-11-27-16-22-6-4-3-5-21(22)13-24(27)17-28-18-26-15-23(28)12-19-7-9-20(14-25)10-8-19/h2-10,15,18,24H,1,11-13,16-17H2/t24-/m0/s1. The number of hydrogen-bond donors (Lipinski definition) is 0. The van der Waals surface area contributed by atoms with Gasteiger partial charge >= 0.3 is 0 Å². The molecule has 4 heteroatoms. The molecule has 0 aliphatic carbocycles. The van der Waals surface area contributed by atoms with E-state index in [-0.39, 0.29) is 0 Å². The first-order chi connectivity index (χ1) is 13.8. The molecular formula is C24H24N4. The molecule has 0 saturated heterocycles. The van der Waals surface area contributed by atoms with Crippen LogP contribution in [-0.2, 0) is 25.9 Å². The third-order valence-electron chi connectivity index (χ3n) is 5.50. The molecule has 0 spiro atoms. The fourth-order valence-corrected chi connectivity index (χ4v) is 3.99. The number of benzene rings is 2. The fourth-order valence-electron chi connectivity index (χ4n) is 3.99. The van der Waals surface area contributed by atoms with Gasteiger partial charge in [-0.2, -0.15) is 5.26 Å². The van der Waals surface area contributed by atoms with Crippen molar-refractivity contribution in [3.63, 3.8) is 0 Å². The highest BCUT2D eigenvalue weighted by Gasteiger charge is 2.25. The summed E-state index contributed by atoms with van der Waals surface area (Å²) in [5.41, 5.74) is 5.95. The van der Waals surface area contributed by atoms with Crippen molar-refractivity contribution in [3.8, 4) is 6.07 Å². The Morgan fingerprint density at radius 1 is 1.14 bits per heavy atom. The van der Waals surface area contributed by atoms with E-state index in [1.54, 1.807) is 0 Å². The van der Waals surface area contributed by atoms with Crippen LogP contribution in [0.15, 0.2) is 73.7 Å². The van der Waals surface area contributed by atoms with Crippen molar-refractivity contribution < 1.29 is 0 Å². The zero-order valence-electron chi connectivity index (χ0n) is 16.0. The summed E-state index contributed by atoms with van der Waals surface area (Å²) < 4.78 is 2.27. The minimum atomic E-state index is 0.418. The van der Waals surface area contributed by atoms with E-state index in [4.69, 9.17) is 5.26 Å². The van der Waals surface area contributed by atoms with Crippen molar-refractivity contribution in [2.45, 2.75) is 32.0 Å². The molecule has 0 saturated carbocycles. The van der Waals surface area contributed by atoms with Crippen molar-refractivity contribution in [1.29, 1.82) is 5.26 Å². The van der Waals surface area contributed by atoms with Gasteiger partial charge in [-0.1, -0.05) is 42.5 Å². The van der Waals surface area contributed by atoms with E-state index >= 15 is 0 Å². The lowest BCUT2D eigenvalue weighted by atomic mass is 9.93. The van der Waals surface area contributed by atoms with Crippen LogP contribution in [0.2, 0.25) is 0 Å². The van der Waals surface area contributed by atoms with Gasteiger partial charge in [-0.05, 0) is 35.2 Å². The molecule has 0 amide bonds. The highest BCUT2D eigenvalue weighted by atomic mass is 15.2. The normalized spacial score (nSPS) is 16.3. The predicted octanol–water partition coefficient (Wildman–Crippen LogP) is 3.96. The fraction of sp³-hybridized carbons (Fsp3) is 0.250. The Kier molecular flexibility index (Phi) is 5.36. The van der Waals surface area contributed by atoms with Crippen LogP contribution in [-0.4, -0.2) is 27.0 Å². The van der Waals surface area contributed by atoms with Crippen molar-refractivity contribution in [2.75, 3.05) is 6.54 Å². The van der Waals surface area contributed by atoms with E-state index in [1.165, 1.54) is 22.4 Å². The second kappa shape index (κ2) is 8.24. The van der Waals surface area contributed by atoms with Crippen molar-refractivity contribution in [3.05, 3.63) is 102 Å². The molecule has 2 heterocycles. The lowest BCUT2D eigenvalue weighted by molar-refractivity contribution is 0.172. The van der Waals surface area contributed by atoms with Crippen molar-refractivity contribution >= 4 is 0 Å². The number of hydrogen-bond acceptors (Lipinski definition) is 3. The monoisotopic (exact) mass is 368 g/mol. The van der Waals surface area contributed by atoms with Crippen LogP contribution in [0.3, 0.4) is 0 Å². The zero-order valence-corrected chi connectivity index (χ0v) is 16.0. The Labute approximate surface area is 166 Å². The van der Waals surface area contributed by atoms with E-state index in [0.29, 0.717) is 11.6 Å². The van der Waals surface area contributed by atoms with Crippen LogP contribution < -0.4 is 0 Å². The van der Waals surface area contributed by atoms with E-state index in [0.717, 1.165) is 32.5 Å². The van der Waals surface area contributed by atoms with Gasteiger partial charge < -0.3 is 4.57 Å². The largest absolute Gasteiger partial charge is 0.333 e. The van der Waals surface area contributed by atoms with Gasteiger partial charge in [0.1, 0.15) is 0 Å². The zero-order chi connectivity index (χ0) is 19.3. The third-order valence-corrected chi connectivity index (χ3v) is 5.50. The molecule has 1 atom stereocenters. The number of imidazole rings is 1. The van der Waals surface area contributed by atoms with Crippen LogP contribution in [0.5, 0.6) is 0 Å². The van der Waals surface area contributed by atoms with Gasteiger partial charge in [0.2, 0.25) is 0 Å². The van der Waals surface area contributed by atoms with Crippen molar-refractivity contribution in [2.24, 2.45) is 0 Å². The molecule has 0 bridgehead atoms. The Balaban J connectivity index is 1.53. The van der Waals surface area contributed by atoms with E-state index in [1.807, 2.05) is 42.9 Å². The molecule has 2 aromatic carbocycles. The van der Waals surface area contributed by atoms with Gasteiger partial charge in [-0.25, -0.2) is 4.98 Å². The summed E-state index contributed by atoms with van der Waals surface area (Å²) in [4.78, 5) is 6.91. The molecule has 140 valence electrons. The van der Waals surface area contributed by atoms with E-state index in [2.05, 4.69) is 51.4 Å². The maximum Gasteiger partial charge on any atom is 0.0991 e. The summed E-state index contributed by atoms with van der Waals surface area (Å²) in [6, 6.07) is 19.1. The minimum Gasteiger partial charge on any atom is -0.333 e. The second-order valence-corrected chi connectivity index (χ2v) is 7.37. The quantitative estimate of drug-likeness (QED) is 0.619. The van der Waals surface area contributed by atoms with Crippen LogP contribution in [0.1, 0.15) is 27.9 Å². The molecule has 1 aliphatic rings. The highest BCUT2D eigenvalue weighted by molar-refractivity contribution is 5.33. The lowest BCUT2D eigenvalue weighted by Crippen LogP contribution is -2.43. The van der Waals surface area contributed by atoms with Gasteiger partial charge in [0.25, 0.3) is 0 Å². The predicted molar refractivity (Wildman–Crippen MR) is 111 cm³/mol. The third kappa shape index (κ3) is 3.90. The first-order valence-electron chi connectivity index (χ1n) is 9.66. The molecule has 3 aromatic rings. The van der Waals surface area contributed by atoms with Crippen molar-refractivity contribution in [1.82, 2.24) is 14.5 Å². The van der Waals surface area contributed by atoms with E-state index in [9.17, 15) is 0 Å². The molecule has 0 fully saturated rings. The summed E-state index contributed by atoms with van der Waals surface area (Å²) in [5, 5.41) is 8.97. The number of fused-ring (bicyclic) bond motifs is 1. The summed E-state index contributed by atoms with van der Waals surface area (Å²) in [6.07, 6.45) is 7.74. The van der Waals surface area contributed by atoms with Crippen LogP contribution in [0.4, 0.5) is 0 Å². The molecule has 1 aliphatic heterocycles. The Morgan fingerprint density at radius 3 is 2.68 bits per heavy atom. The summed E-state index contributed by atoms with van der Waals surface area (Å²) in [7, 11) is 0. The summed E-state index contributed by atoms with van der Waals surface area (Å²) >= 11 is 0. The number of nitriles is 1. The van der Waals surface area contributed by atoms with Crippen LogP contribution >= 0.6 is 0 Å². The van der Waals surface area contributed by atoms with Gasteiger partial charge in [-0.3, -0.25) is 4.90 Å². The smallest absolute Gasteiger partial charge is 0.0991 e. The van der Waals surface area contributed by atoms with Gasteiger partial charge in [-0.15, -0.1) is 6.58 Å². The van der Waals surface area contributed by atoms with Crippen LogP contribution in [0.25, 0.3) is 0 Å². The molecule has 4 rings (SSSR count). The molecular weight excluding hydrogens is 344 g/mol. The summed E-state index contributed by atoms with van der Waals surface area (Å²) in [5.74, 6) is 0. The molecule has 0 N–H and O–H groups in total. The molecule has 0 unspecified atom stereocenters. The highest BCUT2D eigenvalue weighted by Crippen LogP contribution is 2.24. The van der Waals surface area contributed by atoms with Crippen LogP contribution in [0, 0.1) is 11.3 Å². The first-order valence-corrected chi connectivity index (χ1v) is 9.66. The lowest BCUT2D eigenvalue weighted by Gasteiger charge is -2.36. The topological polar surface area (TPSA) is 44.9 Å². The number of rotatable bonds is 6. The van der Waals surface area contributed by atoms with Gasteiger partial charge in [0, 0.05) is 44.0 Å². The summed E-state index contributed by atoms with van der Waals surface area (Å²) in [6.45, 7) is 6.71. The number of nitrogens with zero attached hydrogens (tertiary/aromatic N) is 4. The molecule has 4 nitrogen and oxygen atoms in total. The van der Waals surface area contributed by atoms with E-state index < -0.39 is 0 Å². The Bertz CT molecular complexity index is 994. The maximum absolute atomic E-state index is 8.97.